The topological polar surface area (TPSA) is 127 Å². The predicted octanol–water partition coefficient (Wildman–Crippen LogP) is 4.63. The minimum atomic E-state index is -0.808. The number of nitrogens with one attached hydrogen (secondary N) is 2. The molecule has 1 aliphatic heterocycles. The maximum atomic E-state index is 13.5. The minimum absolute atomic E-state index is 0.0308. The van der Waals surface area contributed by atoms with E-state index in [4.69, 9.17) is 10.5 Å². The summed E-state index contributed by atoms with van der Waals surface area (Å²) in [5.74, 6) is -0.276. The SMILES string of the molecule is Cc1nc(N)ccc1CNC(=O)[C@H](C)NC(=O)[C@H]1C[C@H](Cc2ccccc2-c2ccccc2)CN1C(=O)OC(C)(C)C. The van der Waals surface area contributed by atoms with E-state index < -0.39 is 23.8 Å². The monoisotopic (exact) mass is 571 g/mol. The van der Waals surface area contributed by atoms with Crippen LogP contribution in [0.3, 0.4) is 0 Å². The lowest BCUT2D eigenvalue weighted by Crippen LogP contribution is -2.52. The van der Waals surface area contributed by atoms with Crippen molar-refractivity contribution in [3.05, 3.63) is 83.6 Å². The van der Waals surface area contributed by atoms with Crippen LogP contribution in [0.15, 0.2) is 66.7 Å². The maximum Gasteiger partial charge on any atom is 0.410 e. The van der Waals surface area contributed by atoms with Gasteiger partial charge in [0.2, 0.25) is 11.8 Å². The zero-order valence-electron chi connectivity index (χ0n) is 25.0. The molecule has 2 aromatic carbocycles. The van der Waals surface area contributed by atoms with Crippen molar-refractivity contribution < 1.29 is 19.1 Å². The molecular weight excluding hydrogens is 530 g/mol. The number of aromatic nitrogens is 1. The molecule has 0 radical (unpaired) electrons. The number of nitrogens with two attached hydrogens (primary N) is 1. The predicted molar refractivity (Wildman–Crippen MR) is 163 cm³/mol. The first-order valence-electron chi connectivity index (χ1n) is 14.3. The molecule has 9 nitrogen and oxygen atoms in total. The summed E-state index contributed by atoms with van der Waals surface area (Å²) in [4.78, 5) is 45.3. The lowest BCUT2D eigenvalue weighted by atomic mass is 9.91. The van der Waals surface area contributed by atoms with Crippen molar-refractivity contribution in [2.75, 3.05) is 12.3 Å². The third-order valence-corrected chi connectivity index (χ3v) is 7.35. The van der Waals surface area contributed by atoms with E-state index in [0.29, 0.717) is 25.2 Å². The second-order valence-corrected chi connectivity index (χ2v) is 11.9. The smallest absolute Gasteiger partial charge is 0.410 e. The first-order valence-corrected chi connectivity index (χ1v) is 14.3. The van der Waals surface area contributed by atoms with Gasteiger partial charge in [-0.15, -0.1) is 0 Å². The first kappa shape index (κ1) is 30.6. The number of aryl methyl sites for hydroxylation is 1. The highest BCUT2D eigenvalue weighted by molar-refractivity contribution is 5.91. The van der Waals surface area contributed by atoms with Crippen LogP contribution in [0.2, 0.25) is 0 Å². The van der Waals surface area contributed by atoms with E-state index >= 15 is 0 Å². The van der Waals surface area contributed by atoms with Crippen molar-refractivity contribution in [2.45, 2.75) is 71.7 Å². The highest BCUT2D eigenvalue weighted by Crippen LogP contribution is 2.32. The zero-order chi connectivity index (χ0) is 30.4. The Morgan fingerprint density at radius 3 is 2.40 bits per heavy atom. The minimum Gasteiger partial charge on any atom is -0.444 e. The number of nitrogen functional groups attached to an aromatic ring is 1. The molecule has 2 heterocycles. The summed E-state index contributed by atoms with van der Waals surface area (Å²) in [6, 6.07) is 20.3. The number of anilines is 1. The third kappa shape index (κ3) is 7.87. The largest absolute Gasteiger partial charge is 0.444 e. The molecule has 42 heavy (non-hydrogen) atoms. The number of carbonyl (C=O) groups is 3. The number of hydrogen-bond donors (Lipinski definition) is 3. The van der Waals surface area contributed by atoms with E-state index in [-0.39, 0.29) is 24.3 Å². The number of hydrogen-bond acceptors (Lipinski definition) is 6. The molecule has 0 unspecified atom stereocenters. The molecule has 1 saturated heterocycles. The van der Waals surface area contributed by atoms with Gasteiger partial charge in [-0.25, -0.2) is 9.78 Å². The molecule has 1 aromatic heterocycles. The van der Waals surface area contributed by atoms with Gasteiger partial charge in [0.05, 0.1) is 0 Å². The Kier molecular flexibility index (Phi) is 9.50. The molecule has 3 atom stereocenters. The van der Waals surface area contributed by atoms with E-state index in [1.54, 1.807) is 33.8 Å². The summed E-state index contributed by atoms with van der Waals surface area (Å²) in [5.41, 5.74) is 9.97. The molecule has 1 aliphatic rings. The van der Waals surface area contributed by atoms with Gasteiger partial charge in [0.15, 0.2) is 0 Å². The molecule has 4 rings (SSSR count). The van der Waals surface area contributed by atoms with Gasteiger partial charge in [-0.2, -0.15) is 0 Å². The average molecular weight is 572 g/mol. The normalized spacial score (nSPS) is 17.4. The maximum absolute atomic E-state index is 13.5. The van der Waals surface area contributed by atoms with Crippen LogP contribution in [0.25, 0.3) is 11.1 Å². The van der Waals surface area contributed by atoms with E-state index in [2.05, 4.69) is 39.9 Å². The first-order chi connectivity index (χ1) is 19.9. The standard InChI is InChI=1S/C33H41N5O4/c1-21-26(15-16-29(34)36-21)19-35-30(39)22(2)37-31(40)28-18-23(20-38(28)32(41)42-33(3,4)5)17-25-13-9-10-14-27(25)24-11-7-6-8-12-24/h6-16,22-23,28H,17-20H2,1-5H3,(H2,34,36)(H,35,39)(H,37,40)/t22-,23-,28+/m0/s1. The highest BCUT2D eigenvalue weighted by atomic mass is 16.6. The van der Waals surface area contributed by atoms with Gasteiger partial charge in [0, 0.05) is 18.8 Å². The van der Waals surface area contributed by atoms with Gasteiger partial charge in [-0.3, -0.25) is 14.5 Å². The lowest BCUT2D eigenvalue weighted by molar-refractivity contribution is -0.131. The molecule has 0 bridgehead atoms. The van der Waals surface area contributed by atoms with Crippen molar-refractivity contribution in [3.63, 3.8) is 0 Å². The fraction of sp³-hybridized carbons (Fsp3) is 0.394. The number of benzene rings is 2. The van der Waals surface area contributed by atoms with E-state index in [1.807, 2.05) is 43.3 Å². The van der Waals surface area contributed by atoms with E-state index in [1.165, 1.54) is 4.90 Å². The van der Waals surface area contributed by atoms with Crippen LogP contribution in [0.4, 0.5) is 10.6 Å². The number of pyridine rings is 1. The summed E-state index contributed by atoms with van der Waals surface area (Å²) in [6.07, 6.45) is 0.614. The third-order valence-electron chi connectivity index (χ3n) is 7.35. The molecule has 222 valence electrons. The summed E-state index contributed by atoms with van der Waals surface area (Å²) >= 11 is 0. The van der Waals surface area contributed by atoms with Crippen LogP contribution in [-0.4, -0.2) is 52.0 Å². The van der Waals surface area contributed by atoms with Gasteiger partial charge >= 0.3 is 6.09 Å². The fourth-order valence-corrected chi connectivity index (χ4v) is 5.26. The Morgan fingerprint density at radius 2 is 1.71 bits per heavy atom. The highest BCUT2D eigenvalue weighted by Gasteiger charge is 2.42. The molecule has 0 saturated carbocycles. The number of likely N-dealkylation sites (tertiary alicyclic amines) is 1. The van der Waals surface area contributed by atoms with Gasteiger partial charge in [0.1, 0.15) is 23.5 Å². The number of amides is 3. The second kappa shape index (κ2) is 13.1. The molecule has 0 aliphatic carbocycles. The van der Waals surface area contributed by atoms with Crippen molar-refractivity contribution in [1.29, 1.82) is 0 Å². The Hall–Kier alpha value is -4.40. The number of ether oxygens (including phenoxy) is 1. The van der Waals surface area contributed by atoms with Gasteiger partial charge in [0.25, 0.3) is 0 Å². The number of rotatable bonds is 8. The Balaban J connectivity index is 1.46. The van der Waals surface area contributed by atoms with Gasteiger partial charge < -0.3 is 21.1 Å². The van der Waals surface area contributed by atoms with Crippen molar-refractivity contribution in [2.24, 2.45) is 5.92 Å². The Labute approximate surface area is 247 Å². The number of carbonyl (C=O) groups excluding carboxylic acids is 3. The average Bonchev–Trinajstić information content (AvgIpc) is 3.36. The van der Waals surface area contributed by atoms with Crippen molar-refractivity contribution >= 4 is 23.7 Å². The van der Waals surface area contributed by atoms with Crippen LogP contribution >= 0.6 is 0 Å². The van der Waals surface area contributed by atoms with Gasteiger partial charge in [-0.1, -0.05) is 60.7 Å². The van der Waals surface area contributed by atoms with Gasteiger partial charge in [-0.05, 0) is 81.7 Å². The van der Waals surface area contributed by atoms with Crippen LogP contribution < -0.4 is 16.4 Å². The van der Waals surface area contributed by atoms with Crippen LogP contribution in [0.1, 0.15) is 50.9 Å². The molecular formula is C33H41N5O4. The van der Waals surface area contributed by atoms with Crippen LogP contribution in [-0.2, 0) is 27.3 Å². The van der Waals surface area contributed by atoms with E-state index in [9.17, 15) is 14.4 Å². The summed E-state index contributed by atoms with van der Waals surface area (Å²) < 4.78 is 5.67. The molecule has 9 heteroatoms. The van der Waals surface area contributed by atoms with Crippen molar-refractivity contribution in [3.8, 4) is 11.1 Å². The number of nitrogens with zero attached hydrogens (tertiary/aromatic N) is 2. The Morgan fingerprint density at radius 1 is 1.02 bits per heavy atom. The lowest BCUT2D eigenvalue weighted by Gasteiger charge is -2.28. The molecule has 3 aromatic rings. The molecule has 3 amide bonds. The molecule has 0 spiro atoms. The summed E-state index contributed by atoms with van der Waals surface area (Å²) in [5, 5.41) is 5.66. The van der Waals surface area contributed by atoms with Crippen LogP contribution in [0.5, 0.6) is 0 Å². The molecule has 1 fully saturated rings. The van der Waals surface area contributed by atoms with E-state index in [0.717, 1.165) is 27.9 Å². The molecule has 4 N–H and O–H groups in total. The summed E-state index contributed by atoms with van der Waals surface area (Å²) in [6.45, 7) is 9.48. The Bertz CT molecular complexity index is 1420. The van der Waals surface area contributed by atoms with Crippen molar-refractivity contribution in [1.82, 2.24) is 20.5 Å². The fourth-order valence-electron chi connectivity index (χ4n) is 5.26. The van der Waals surface area contributed by atoms with Crippen LogP contribution in [0, 0.1) is 12.8 Å². The quantitative estimate of drug-likeness (QED) is 0.362. The summed E-state index contributed by atoms with van der Waals surface area (Å²) in [7, 11) is 0. The zero-order valence-corrected chi connectivity index (χ0v) is 25.0. The second-order valence-electron chi connectivity index (χ2n) is 11.9.